The molecule has 5 rings (SSSR count). The molecular weight excluding hydrogens is 487 g/mol. The number of nitro benzene ring substituents is 1. The van der Waals surface area contributed by atoms with Gasteiger partial charge in [0.1, 0.15) is 0 Å². The van der Waals surface area contributed by atoms with Crippen LogP contribution in [-0.2, 0) is 5.41 Å². The molecule has 0 aromatic heterocycles. The van der Waals surface area contributed by atoms with Gasteiger partial charge >= 0.3 is 5.69 Å². The quantitative estimate of drug-likeness (QED) is 0.144. The number of hydrogen-bond donors (Lipinski definition) is 1. The van der Waals surface area contributed by atoms with Crippen molar-refractivity contribution < 1.29 is 9.31 Å². The van der Waals surface area contributed by atoms with Crippen LogP contribution in [0.15, 0.2) is 109 Å². The van der Waals surface area contributed by atoms with E-state index in [4.69, 9.17) is 5.73 Å². The molecule has 0 aliphatic heterocycles. The molecule has 0 fully saturated rings. The topological polar surface area (TPSA) is 69.2 Å². The molecule has 0 bridgehead atoms. The Bertz CT molecular complexity index is 1700. The molecule has 0 atom stereocenters. The van der Waals surface area contributed by atoms with E-state index in [0.29, 0.717) is 11.3 Å². The number of anilines is 1. The van der Waals surface area contributed by atoms with Crippen molar-refractivity contribution in [2.45, 2.75) is 26.2 Å². The number of nitrogen functional groups attached to an aromatic ring is 1. The number of nitrogens with two attached hydrogens (primary N) is 1. The molecule has 5 aromatic carbocycles. The van der Waals surface area contributed by atoms with Gasteiger partial charge in [0.25, 0.3) is 0 Å². The fourth-order valence-corrected chi connectivity index (χ4v) is 4.98. The van der Waals surface area contributed by atoms with Gasteiger partial charge in [-0.1, -0.05) is 124 Å². The highest BCUT2D eigenvalue weighted by atomic mass is 19.1. The second-order valence-electron chi connectivity index (χ2n) is 10.6. The lowest BCUT2D eigenvalue weighted by atomic mass is 9.84. The van der Waals surface area contributed by atoms with Crippen LogP contribution >= 0.6 is 0 Å². The minimum atomic E-state index is -0.854. The third-order valence-electron chi connectivity index (χ3n) is 7.05. The third kappa shape index (κ3) is 4.91. The molecule has 5 heteroatoms. The Balaban J connectivity index is 1.69. The van der Waals surface area contributed by atoms with Gasteiger partial charge in [-0.2, -0.15) is 4.39 Å². The highest BCUT2D eigenvalue weighted by Gasteiger charge is 2.22. The van der Waals surface area contributed by atoms with Crippen molar-refractivity contribution in [1.82, 2.24) is 0 Å². The molecule has 4 nitrogen and oxygen atoms in total. The fraction of sp³-hybridized carbons (Fsp3) is 0.118. The molecule has 0 saturated carbocycles. The number of halogens is 1. The van der Waals surface area contributed by atoms with E-state index in [1.807, 2.05) is 54.6 Å². The Morgan fingerprint density at radius 1 is 0.641 bits per heavy atom. The lowest BCUT2D eigenvalue weighted by Crippen LogP contribution is -2.10. The first-order valence-electron chi connectivity index (χ1n) is 12.8. The molecule has 0 aliphatic rings. The number of nitro groups is 1. The first-order valence-corrected chi connectivity index (χ1v) is 12.8. The van der Waals surface area contributed by atoms with Gasteiger partial charge in [-0.25, -0.2) is 0 Å². The van der Waals surface area contributed by atoms with E-state index in [-0.39, 0.29) is 11.0 Å². The van der Waals surface area contributed by atoms with Crippen LogP contribution in [0.1, 0.15) is 26.3 Å². The number of benzene rings is 5. The number of rotatable bonds is 5. The minimum absolute atomic E-state index is 0.000474. The summed E-state index contributed by atoms with van der Waals surface area (Å²) >= 11 is 0. The summed E-state index contributed by atoms with van der Waals surface area (Å²) in [4.78, 5) is 10.7. The molecule has 5 aromatic rings. The van der Waals surface area contributed by atoms with Gasteiger partial charge in [0.05, 0.1) is 4.92 Å². The molecule has 194 valence electrons. The van der Waals surface area contributed by atoms with Crippen LogP contribution in [0.3, 0.4) is 0 Å². The van der Waals surface area contributed by atoms with E-state index in [1.54, 1.807) is 18.2 Å². The first kappa shape index (κ1) is 25.9. The average Bonchev–Trinajstić information content (AvgIpc) is 2.93. The lowest BCUT2D eigenvalue weighted by molar-refractivity contribution is -0.387. The predicted octanol–water partition coefficient (Wildman–Crippen LogP) is 9.28. The Morgan fingerprint density at radius 3 is 1.69 bits per heavy atom. The van der Waals surface area contributed by atoms with Crippen LogP contribution in [0.5, 0.6) is 0 Å². The maximum Gasteiger partial charge on any atom is 0.305 e. The van der Waals surface area contributed by atoms with Gasteiger partial charge < -0.3 is 5.73 Å². The second-order valence-corrected chi connectivity index (χ2v) is 10.6. The smallest absolute Gasteiger partial charge is 0.305 e. The molecule has 0 spiro atoms. The van der Waals surface area contributed by atoms with Crippen LogP contribution in [-0.4, -0.2) is 4.92 Å². The normalized spacial score (nSPS) is 11.4. The van der Waals surface area contributed by atoms with Crippen LogP contribution in [0, 0.1) is 15.9 Å². The summed E-state index contributed by atoms with van der Waals surface area (Å²) in [5.41, 5.74) is 14.2. The summed E-state index contributed by atoms with van der Waals surface area (Å²) in [5, 5.41) is 11.4. The van der Waals surface area contributed by atoms with Crippen molar-refractivity contribution in [2.75, 3.05) is 5.73 Å². The Labute approximate surface area is 227 Å². The highest BCUT2D eigenvalue weighted by molar-refractivity contribution is 5.97. The molecule has 0 saturated heterocycles. The zero-order valence-corrected chi connectivity index (χ0v) is 22.1. The fourth-order valence-electron chi connectivity index (χ4n) is 4.98. The van der Waals surface area contributed by atoms with Crippen molar-refractivity contribution in [2.24, 2.45) is 0 Å². The van der Waals surface area contributed by atoms with Crippen molar-refractivity contribution in [3.63, 3.8) is 0 Å². The number of para-hydroxylation sites is 1. The standard InChI is InChI=1S/C34H29FN2O2/c1-34(2,3)23-12-8-11-22(21-23)24-17-9-19-30(33(24)36)28-16-7-5-14-26(28)25-13-4-6-15-27(25)29-18-10-20-31(32(29)35)37(38)39/h4-21H,36H2,1-3H3. The summed E-state index contributed by atoms with van der Waals surface area (Å²) in [6, 6.07) is 33.9. The van der Waals surface area contributed by atoms with Gasteiger partial charge in [-0.3, -0.25) is 10.1 Å². The minimum Gasteiger partial charge on any atom is -0.398 e. The average molecular weight is 517 g/mol. The van der Waals surface area contributed by atoms with E-state index < -0.39 is 16.4 Å². The highest BCUT2D eigenvalue weighted by Crippen LogP contribution is 2.43. The molecule has 2 N–H and O–H groups in total. The molecule has 0 heterocycles. The second kappa shape index (κ2) is 10.2. The summed E-state index contributed by atoms with van der Waals surface area (Å²) in [5.74, 6) is -0.854. The summed E-state index contributed by atoms with van der Waals surface area (Å²) in [6.07, 6.45) is 0. The van der Waals surface area contributed by atoms with Gasteiger partial charge in [0.15, 0.2) is 0 Å². The van der Waals surface area contributed by atoms with Crippen molar-refractivity contribution in [1.29, 1.82) is 0 Å². The van der Waals surface area contributed by atoms with E-state index in [1.165, 1.54) is 17.7 Å². The van der Waals surface area contributed by atoms with Crippen LogP contribution < -0.4 is 5.73 Å². The number of hydrogen-bond acceptors (Lipinski definition) is 3. The third-order valence-corrected chi connectivity index (χ3v) is 7.05. The Kier molecular flexibility index (Phi) is 6.75. The number of nitrogens with zero attached hydrogens (tertiary/aromatic N) is 1. The monoisotopic (exact) mass is 516 g/mol. The van der Waals surface area contributed by atoms with Gasteiger partial charge in [-0.05, 0) is 38.8 Å². The van der Waals surface area contributed by atoms with Crippen molar-refractivity contribution in [3.05, 3.63) is 131 Å². The van der Waals surface area contributed by atoms with Crippen LogP contribution in [0.25, 0.3) is 44.5 Å². The van der Waals surface area contributed by atoms with E-state index >= 15 is 4.39 Å². The SMILES string of the molecule is CC(C)(C)c1cccc(-c2cccc(-c3ccccc3-c3ccccc3-c3cccc([N+](=O)[O-])c3F)c2N)c1. The van der Waals surface area contributed by atoms with Crippen molar-refractivity contribution >= 4 is 11.4 Å². The van der Waals surface area contributed by atoms with Gasteiger partial charge in [0.2, 0.25) is 5.82 Å². The van der Waals surface area contributed by atoms with Crippen LogP contribution in [0.2, 0.25) is 0 Å². The van der Waals surface area contributed by atoms with Gasteiger partial charge in [-0.15, -0.1) is 0 Å². The molecule has 0 aliphatic carbocycles. The molecule has 0 radical (unpaired) electrons. The summed E-state index contributed by atoms with van der Waals surface area (Å²) in [6.45, 7) is 6.55. The van der Waals surface area contributed by atoms with Crippen molar-refractivity contribution in [3.8, 4) is 44.5 Å². The van der Waals surface area contributed by atoms with Gasteiger partial charge in [0, 0.05) is 28.4 Å². The summed E-state index contributed by atoms with van der Waals surface area (Å²) < 4.78 is 15.3. The van der Waals surface area contributed by atoms with Crippen LogP contribution in [0.4, 0.5) is 15.8 Å². The summed E-state index contributed by atoms with van der Waals surface area (Å²) in [7, 11) is 0. The van der Waals surface area contributed by atoms with E-state index in [2.05, 4.69) is 45.0 Å². The largest absolute Gasteiger partial charge is 0.398 e. The lowest BCUT2D eigenvalue weighted by Gasteiger charge is -2.21. The predicted molar refractivity (Wildman–Crippen MR) is 158 cm³/mol. The molecule has 0 amide bonds. The maximum atomic E-state index is 15.3. The van der Waals surface area contributed by atoms with E-state index in [9.17, 15) is 10.1 Å². The Hall–Kier alpha value is -4.77. The zero-order valence-electron chi connectivity index (χ0n) is 22.1. The zero-order chi connectivity index (χ0) is 27.7. The molecular formula is C34H29FN2O2. The maximum absolute atomic E-state index is 15.3. The molecule has 39 heavy (non-hydrogen) atoms. The first-order chi connectivity index (χ1) is 18.7. The van der Waals surface area contributed by atoms with E-state index in [0.717, 1.165) is 33.4 Å². The Morgan fingerprint density at radius 2 is 1.10 bits per heavy atom. The molecule has 0 unspecified atom stereocenters.